The maximum atomic E-state index is 6.11. The van der Waals surface area contributed by atoms with Gasteiger partial charge in [0.15, 0.2) is 0 Å². The third-order valence-corrected chi connectivity index (χ3v) is 4.43. The Hall–Kier alpha value is -1.22. The summed E-state index contributed by atoms with van der Waals surface area (Å²) in [6.45, 7) is 4.62. The number of nitrogens with zero attached hydrogens (tertiary/aromatic N) is 2. The van der Waals surface area contributed by atoms with Crippen molar-refractivity contribution in [3.8, 4) is 0 Å². The summed E-state index contributed by atoms with van der Waals surface area (Å²) in [5, 5.41) is 0.706. The lowest BCUT2D eigenvalue weighted by molar-refractivity contribution is 0.268. The van der Waals surface area contributed by atoms with Crippen molar-refractivity contribution in [2.45, 2.75) is 39.2 Å². The van der Waals surface area contributed by atoms with Gasteiger partial charge in [-0.25, -0.2) is 4.98 Å². The summed E-state index contributed by atoms with van der Waals surface area (Å²) >= 11 is 6.01. The van der Waals surface area contributed by atoms with E-state index in [0.717, 1.165) is 11.0 Å². The molecule has 2 aromatic rings. The lowest BCUT2D eigenvalue weighted by atomic mass is 9.87. The number of imidazole rings is 1. The van der Waals surface area contributed by atoms with Gasteiger partial charge in [-0.15, -0.1) is 0 Å². The summed E-state index contributed by atoms with van der Waals surface area (Å²) < 4.78 is 2.19. The first-order valence-corrected chi connectivity index (χ1v) is 6.80. The average molecular weight is 264 g/mol. The molecule has 1 unspecified atom stereocenters. The van der Waals surface area contributed by atoms with E-state index in [1.54, 1.807) is 0 Å². The molecule has 18 heavy (non-hydrogen) atoms. The highest BCUT2D eigenvalue weighted by molar-refractivity contribution is 6.31. The summed E-state index contributed by atoms with van der Waals surface area (Å²) in [5.41, 5.74) is 8.38. The predicted molar refractivity (Wildman–Crippen MR) is 75.8 cm³/mol. The number of nitrogens with two attached hydrogens (primary N) is 1. The van der Waals surface area contributed by atoms with E-state index in [9.17, 15) is 0 Å². The van der Waals surface area contributed by atoms with Crippen LogP contribution in [0.4, 0.5) is 5.95 Å². The number of anilines is 1. The van der Waals surface area contributed by atoms with E-state index in [4.69, 9.17) is 17.3 Å². The molecule has 1 atom stereocenters. The minimum Gasteiger partial charge on any atom is -0.369 e. The molecule has 1 aliphatic rings. The van der Waals surface area contributed by atoms with Gasteiger partial charge in [0.1, 0.15) is 0 Å². The van der Waals surface area contributed by atoms with Crippen molar-refractivity contribution in [2.75, 3.05) is 5.73 Å². The Morgan fingerprint density at radius 1 is 1.44 bits per heavy atom. The highest BCUT2D eigenvalue weighted by Gasteiger charge is 2.37. The van der Waals surface area contributed by atoms with Crippen LogP contribution in [0, 0.1) is 5.41 Å². The Morgan fingerprint density at radius 3 is 2.89 bits per heavy atom. The van der Waals surface area contributed by atoms with Crippen molar-refractivity contribution in [3.05, 3.63) is 23.2 Å². The SMILES string of the molecule is CC1(C)CCCC1n1c(N)nc2cc(Cl)ccc21. The van der Waals surface area contributed by atoms with Crippen LogP contribution < -0.4 is 5.73 Å². The second-order valence-electron chi connectivity index (χ2n) is 5.87. The van der Waals surface area contributed by atoms with Crippen LogP contribution in [0.2, 0.25) is 5.02 Å². The van der Waals surface area contributed by atoms with Crippen LogP contribution in [0.5, 0.6) is 0 Å². The van der Waals surface area contributed by atoms with E-state index in [-0.39, 0.29) is 5.41 Å². The van der Waals surface area contributed by atoms with Gasteiger partial charge in [0.2, 0.25) is 5.95 Å². The fourth-order valence-electron chi connectivity index (χ4n) is 3.21. The summed E-state index contributed by atoms with van der Waals surface area (Å²) in [5.74, 6) is 0.604. The summed E-state index contributed by atoms with van der Waals surface area (Å²) in [6, 6.07) is 6.24. The molecular formula is C14H18ClN3. The molecular weight excluding hydrogens is 246 g/mol. The van der Waals surface area contributed by atoms with E-state index in [0.29, 0.717) is 17.0 Å². The molecule has 1 aliphatic carbocycles. The Kier molecular flexibility index (Phi) is 2.56. The molecule has 1 aromatic heterocycles. The second kappa shape index (κ2) is 3.89. The molecule has 1 saturated carbocycles. The molecule has 0 saturated heterocycles. The number of fused-ring (bicyclic) bond motifs is 1. The molecule has 0 bridgehead atoms. The van der Waals surface area contributed by atoms with Crippen LogP contribution in [-0.2, 0) is 0 Å². The van der Waals surface area contributed by atoms with Crippen molar-refractivity contribution in [2.24, 2.45) is 5.41 Å². The van der Waals surface area contributed by atoms with Crippen molar-refractivity contribution < 1.29 is 0 Å². The van der Waals surface area contributed by atoms with Gasteiger partial charge in [-0.05, 0) is 36.5 Å². The van der Waals surface area contributed by atoms with Crippen LogP contribution in [0.25, 0.3) is 11.0 Å². The third kappa shape index (κ3) is 1.69. The summed E-state index contributed by atoms with van der Waals surface area (Å²) in [7, 11) is 0. The van der Waals surface area contributed by atoms with E-state index >= 15 is 0 Å². The largest absolute Gasteiger partial charge is 0.369 e. The van der Waals surface area contributed by atoms with Crippen LogP contribution in [0.1, 0.15) is 39.2 Å². The molecule has 0 radical (unpaired) electrons. The predicted octanol–water partition coefficient (Wildman–Crippen LogP) is 4.02. The molecule has 0 spiro atoms. The molecule has 1 heterocycles. The first kappa shape index (κ1) is 11.8. The Labute approximate surface area is 112 Å². The first-order chi connectivity index (χ1) is 8.49. The fourth-order valence-corrected chi connectivity index (χ4v) is 3.37. The van der Waals surface area contributed by atoms with Crippen molar-refractivity contribution in [3.63, 3.8) is 0 Å². The molecule has 1 aromatic carbocycles. The molecule has 1 fully saturated rings. The molecule has 0 amide bonds. The third-order valence-electron chi connectivity index (χ3n) is 4.19. The van der Waals surface area contributed by atoms with Gasteiger partial charge in [-0.3, -0.25) is 0 Å². The summed E-state index contributed by atoms with van der Waals surface area (Å²) in [4.78, 5) is 4.44. The number of aromatic nitrogens is 2. The zero-order valence-corrected chi connectivity index (χ0v) is 11.5. The lowest BCUT2D eigenvalue weighted by Crippen LogP contribution is -2.22. The molecule has 4 heteroatoms. The highest BCUT2D eigenvalue weighted by Crippen LogP contribution is 2.47. The van der Waals surface area contributed by atoms with E-state index in [1.807, 2.05) is 18.2 Å². The maximum absolute atomic E-state index is 6.11. The number of nitrogen functional groups attached to an aromatic ring is 1. The maximum Gasteiger partial charge on any atom is 0.201 e. The highest BCUT2D eigenvalue weighted by atomic mass is 35.5. The number of hydrogen-bond acceptors (Lipinski definition) is 2. The van der Waals surface area contributed by atoms with Gasteiger partial charge >= 0.3 is 0 Å². The number of rotatable bonds is 1. The van der Waals surface area contributed by atoms with Crippen LogP contribution in [-0.4, -0.2) is 9.55 Å². The van der Waals surface area contributed by atoms with Gasteiger partial charge in [0.25, 0.3) is 0 Å². The van der Waals surface area contributed by atoms with Crippen LogP contribution in [0.15, 0.2) is 18.2 Å². The number of halogens is 1. The molecule has 3 rings (SSSR count). The smallest absolute Gasteiger partial charge is 0.201 e. The Morgan fingerprint density at radius 2 is 2.22 bits per heavy atom. The van der Waals surface area contributed by atoms with Crippen molar-refractivity contribution in [1.82, 2.24) is 9.55 Å². The minimum absolute atomic E-state index is 0.279. The van der Waals surface area contributed by atoms with Crippen LogP contribution >= 0.6 is 11.6 Å². The molecule has 96 valence electrons. The van der Waals surface area contributed by atoms with Crippen molar-refractivity contribution >= 4 is 28.6 Å². The monoisotopic (exact) mass is 263 g/mol. The Bertz CT molecular complexity index is 600. The van der Waals surface area contributed by atoms with Gasteiger partial charge in [0, 0.05) is 11.1 Å². The number of hydrogen-bond donors (Lipinski definition) is 1. The van der Waals surface area contributed by atoms with Gasteiger partial charge in [-0.2, -0.15) is 0 Å². The van der Waals surface area contributed by atoms with Gasteiger partial charge < -0.3 is 10.3 Å². The van der Waals surface area contributed by atoms with E-state index in [1.165, 1.54) is 19.3 Å². The van der Waals surface area contributed by atoms with Gasteiger partial charge in [0.05, 0.1) is 11.0 Å². The number of benzene rings is 1. The topological polar surface area (TPSA) is 43.8 Å². The van der Waals surface area contributed by atoms with E-state index in [2.05, 4.69) is 23.4 Å². The lowest BCUT2D eigenvalue weighted by Gasteiger charge is -2.29. The minimum atomic E-state index is 0.279. The van der Waals surface area contributed by atoms with E-state index < -0.39 is 0 Å². The fraction of sp³-hybridized carbons (Fsp3) is 0.500. The zero-order valence-electron chi connectivity index (χ0n) is 10.8. The van der Waals surface area contributed by atoms with Gasteiger partial charge in [-0.1, -0.05) is 31.9 Å². The quantitative estimate of drug-likeness (QED) is 0.844. The summed E-state index contributed by atoms with van der Waals surface area (Å²) in [6.07, 6.45) is 3.67. The molecule has 2 N–H and O–H groups in total. The second-order valence-corrected chi connectivity index (χ2v) is 6.31. The Balaban J connectivity index is 2.20. The van der Waals surface area contributed by atoms with Crippen molar-refractivity contribution in [1.29, 1.82) is 0 Å². The first-order valence-electron chi connectivity index (χ1n) is 6.42. The average Bonchev–Trinajstić information content (AvgIpc) is 2.76. The van der Waals surface area contributed by atoms with Crippen LogP contribution in [0.3, 0.4) is 0 Å². The molecule has 3 nitrogen and oxygen atoms in total. The normalized spacial score (nSPS) is 22.7. The zero-order chi connectivity index (χ0) is 12.9. The standard InChI is InChI=1S/C14H18ClN3/c1-14(2)7-3-4-12(14)18-11-6-5-9(15)8-10(11)17-13(18)16/h5-6,8,12H,3-4,7H2,1-2H3,(H2,16,17). The molecule has 0 aliphatic heterocycles.